The highest BCUT2D eigenvalue weighted by Crippen LogP contribution is 2.19. The van der Waals surface area contributed by atoms with Gasteiger partial charge in [-0.15, -0.1) is 16.6 Å². The Morgan fingerprint density at radius 2 is 1.66 bits per heavy atom. The van der Waals surface area contributed by atoms with Gasteiger partial charge in [-0.1, -0.05) is 36.4 Å². The normalized spacial score (nSPS) is 12.4. The number of thioether (sulfide) groups is 1. The molecule has 1 unspecified atom stereocenters. The highest BCUT2D eigenvalue weighted by atomic mass is 32.2. The SMILES string of the molecule is O=S(=O)(NNC(CCNc1cccnc1)CSc1ccccc1)c1ccccc1. The van der Waals surface area contributed by atoms with Crippen LogP contribution >= 0.6 is 11.8 Å². The third kappa shape index (κ3) is 7.17. The average molecular weight is 429 g/mol. The van der Waals surface area contributed by atoms with Crippen LogP contribution < -0.4 is 15.6 Å². The molecule has 0 saturated heterocycles. The van der Waals surface area contributed by atoms with Crippen LogP contribution in [0.15, 0.2) is 95.0 Å². The number of hydrogen-bond acceptors (Lipinski definition) is 6. The number of anilines is 1. The lowest BCUT2D eigenvalue weighted by Crippen LogP contribution is -2.46. The summed E-state index contributed by atoms with van der Waals surface area (Å²) in [5.74, 6) is 0.718. The van der Waals surface area contributed by atoms with Gasteiger partial charge in [0.1, 0.15) is 0 Å². The minimum Gasteiger partial charge on any atom is -0.384 e. The summed E-state index contributed by atoms with van der Waals surface area (Å²) in [6.45, 7) is 0.686. The van der Waals surface area contributed by atoms with E-state index in [1.54, 1.807) is 54.5 Å². The van der Waals surface area contributed by atoms with Gasteiger partial charge in [-0.2, -0.15) is 0 Å². The molecule has 0 amide bonds. The summed E-state index contributed by atoms with van der Waals surface area (Å²) in [6.07, 6.45) is 4.22. The molecule has 0 fully saturated rings. The van der Waals surface area contributed by atoms with Crippen LogP contribution in [0.2, 0.25) is 0 Å². The van der Waals surface area contributed by atoms with E-state index in [2.05, 4.69) is 20.6 Å². The van der Waals surface area contributed by atoms with Crippen molar-refractivity contribution in [3.8, 4) is 0 Å². The van der Waals surface area contributed by atoms with Crippen LogP contribution in [0.4, 0.5) is 5.69 Å². The van der Waals surface area contributed by atoms with Gasteiger partial charge in [0.2, 0.25) is 0 Å². The maximum Gasteiger partial charge on any atom is 0.253 e. The second kappa shape index (κ2) is 11.0. The number of hydrazine groups is 1. The number of pyridine rings is 1. The van der Waals surface area contributed by atoms with Crippen molar-refractivity contribution in [2.24, 2.45) is 0 Å². The van der Waals surface area contributed by atoms with E-state index in [1.165, 1.54) is 0 Å². The molecule has 3 aromatic rings. The predicted octanol–water partition coefficient (Wildman–Crippen LogP) is 3.53. The highest BCUT2D eigenvalue weighted by Gasteiger charge is 2.16. The van der Waals surface area contributed by atoms with Gasteiger partial charge in [0, 0.05) is 35.6 Å². The highest BCUT2D eigenvalue weighted by molar-refractivity contribution is 7.99. The topological polar surface area (TPSA) is 83.1 Å². The molecular formula is C21H24N4O2S2. The zero-order valence-corrected chi connectivity index (χ0v) is 17.5. The lowest BCUT2D eigenvalue weighted by Gasteiger charge is -2.20. The van der Waals surface area contributed by atoms with Crippen LogP contribution in [0.3, 0.4) is 0 Å². The molecule has 2 aromatic carbocycles. The van der Waals surface area contributed by atoms with Crippen molar-refractivity contribution in [1.29, 1.82) is 0 Å². The summed E-state index contributed by atoms with van der Waals surface area (Å²) in [4.78, 5) is 7.99. The summed E-state index contributed by atoms with van der Waals surface area (Å²) in [5, 5.41) is 3.31. The minimum atomic E-state index is -3.62. The zero-order valence-electron chi connectivity index (χ0n) is 15.9. The smallest absolute Gasteiger partial charge is 0.253 e. The number of rotatable bonds is 11. The Hall–Kier alpha value is -2.39. The van der Waals surface area contributed by atoms with E-state index < -0.39 is 10.0 Å². The predicted molar refractivity (Wildman–Crippen MR) is 118 cm³/mol. The molecule has 8 heteroatoms. The molecule has 0 aliphatic carbocycles. The Morgan fingerprint density at radius 1 is 0.931 bits per heavy atom. The van der Waals surface area contributed by atoms with Gasteiger partial charge in [0.15, 0.2) is 0 Å². The van der Waals surface area contributed by atoms with Crippen molar-refractivity contribution in [1.82, 2.24) is 15.2 Å². The first-order valence-corrected chi connectivity index (χ1v) is 11.7. The second-order valence-corrected chi connectivity index (χ2v) is 9.12. The molecule has 1 atom stereocenters. The number of benzene rings is 2. The molecule has 0 saturated carbocycles. The zero-order chi connectivity index (χ0) is 20.4. The summed E-state index contributed by atoms with van der Waals surface area (Å²) < 4.78 is 25.0. The van der Waals surface area contributed by atoms with Gasteiger partial charge < -0.3 is 5.32 Å². The Balaban J connectivity index is 1.58. The van der Waals surface area contributed by atoms with Gasteiger partial charge in [0.25, 0.3) is 10.0 Å². The van der Waals surface area contributed by atoms with Crippen LogP contribution in [0, 0.1) is 0 Å². The van der Waals surface area contributed by atoms with Crippen molar-refractivity contribution in [2.45, 2.75) is 22.3 Å². The van der Waals surface area contributed by atoms with Crippen LogP contribution in [-0.2, 0) is 10.0 Å². The van der Waals surface area contributed by atoms with E-state index in [9.17, 15) is 8.42 Å². The number of aromatic nitrogens is 1. The maximum absolute atomic E-state index is 12.5. The Bertz CT molecular complexity index is 956. The van der Waals surface area contributed by atoms with Crippen LogP contribution in [0.25, 0.3) is 0 Å². The molecule has 0 radical (unpaired) electrons. The van der Waals surface area contributed by atoms with Gasteiger partial charge in [-0.05, 0) is 42.8 Å². The summed E-state index contributed by atoms with van der Waals surface area (Å²) in [7, 11) is -3.62. The molecule has 0 bridgehead atoms. The van der Waals surface area contributed by atoms with Crippen molar-refractivity contribution in [2.75, 3.05) is 17.6 Å². The van der Waals surface area contributed by atoms with E-state index in [0.29, 0.717) is 6.54 Å². The molecule has 3 N–H and O–H groups in total. The van der Waals surface area contributed by atoms with Crippen LogP contribution in [0.5, 0.6) is 0 Å². The minimum absolute atomic E-state index is 0.0668. The molecule has 1 heterocycles. The summed E-state index contributed by atoms with van der Waals surface area (Å²) in [5.41, 5.74) is 3.94. The van der Waals surface area contributed by atoms with E-state index in [0.717, 1.165) is 22.8 Å². The Morgan fingerprint density at radius 3 is 2.34 bits per heavy atom. The average Bonchev–Trinajstić information content (AvgIpc) is 2.77. The summed E-state index contributed by atoms with van der Waals surface area (Å²) >= 11 is 1.68. The number of hydrogen-bond donors (Lipinski definition) is 3. The molecule has 3 rings (SSSR count). The maximum atomic E-state index is 12.5. The fourth-order valence-electron chi connectivity index (χ4n) is 2.59. The molecule has 152 valence electrons. The molecule has 6 nitrogen and oxygen atoms in total. The Labute approximate surface area is 176 Å². The third-order valence-corrected chi connectivity index (χ3v) is 6.58. The standard InChI is InChI=1S/C21H24N4O2S2/c26-29(27,21-11-5-2-6-12-21)25-24-19(17-28-20-9-3-1-4-10-20)13-15-23-18-8-7-14-22-16-18/h1-12,14,16,19,23-25H,13,15,17H2. The van der Waals surface area contributed by atoms with Gasteiger partial charge in [0.05, 0.1) is 10.6 Å². The number of sulfonamides is 1. The van der Waals surface area contributed by atoms with Crippen molar-refractivity contribution in [3.05, 3.63) is 85.2 Å². The van der Waals surface area contributed by atoms with Gasteiger partial charge >= 0.3 is 0 Å². The molecule has 29 heavy (non-hydrogen) atoms. The van der Waals surface area contributed by atoms with Gasteiger partial charge in [-0.25, -0.2) is 13.8 Å². The first-order valence-electron chi connectivity index (χ1n) is 9.27. The third-order valence-electron chi connectivity index (χ3n) is 4.13. The largest absolute Gasteiger partial charge is 0.384 e. The number of nitrogens with one attached hydrogen (secondary N) is 3. The number of nitrogens with zero attached hydrogens (tertiary/aromatic N) is 1. The van der Waals surface area contributed by atoms with E-state index in [-0.39, 0.29) is 10.9 Å². The van der Waals surface area contributed by atoms with Crippen molar-refractivity contribution >= 4 is 27.5 Å². The first kappa shape index (κ1) is 21.3. The first-order chi connectivity index (χ1) is 14.1. The lowest BCUT2D eigenvalue weighted by atomic mass is 10.2. The monoisotopic (exact) mass is 428 g/mol. The van der Waals surface area contributed by atoms with Crippen LogP contribution in [0.1, 0.15) is 6.42 Å². The van der Waals surface area contributed by atoms with Crippen molar-refractivity contribution < 1.29 is 8.42 Å². The van der Waals surface area contributed by atoms with Gasteiger partial charge in [-0.3, -0.25) is 4.98 Å². The van der Waals surface area contributed by atoms with E-state index in [4.69, 9.17) is 0 Å². The fourth-order valence-corrected chi connectivity index (χ4v) is 4.54. The molecule has 0 aliphatic rings. The van der Waals surface area contributed by atoms with Crippen molar-refractivity contribution in [3.63, 3.8) is 0 Å². The molecule has 0 aliphatic heterocycles. The van der Waals surface area contributed by atoms with Crippen LogP contribution in [-0.4, -0.2) is 31.7 Å². The molecular weight excluding hydrogens is 404 g/mol. The quantitative estimate of drug-likeness (QED) is 0.320. The summed E-state index contributed by atoms with van der Waals surface area (Å²) in [6, 6.07) is 22.1. The lowest BCUT2D eigenvalue weighted by molar-refractivity contribution is 0.492. The van der Waals surface area contributed by atoms with E-state index in [1.807, 2.05) is 42.5 Å². The molecule has 0 spiro atoms. The fraction of sp³-hybridized carbons (Fsp3) is 0.190. The Kier molecular flexibility index (Phi) is 8.06. The van der Waals surface area contributed by atoms with E-state index >= 15 is 0 Å². The molecule has 1 aromatic heterocycles. The second-order valence-electron chi connectivity index (χ2n) is 6.34.